The van der Waals surface area contributed by atoms with Crippen molar-refractivity contribution in [3.05, 3.63) is 48.0 Å². The molecule has 4 heteroatoms. The van der Waals surface area contributed by atoms with E-state index in [1.165, 1.54) is 17.7 Å². The second-order valence-corrected chi connectivity index (χ2v) is 5.64. The zero-order chi connectivity index (χ0) is 14.7. The summed E-state index contributed by atoms with van der Waals surface area (Å²) < 4.78 is 2.11. The number of benzene rings is 1. The van der Waals surface area contributed by atoms with Gasteiger partial charge in [0.05, 0.1) is 6.33 Å². The van der Waals surface area contributed by atoms with Crippen molar-refractivity contribution < 1.29 is 4.79 Å². The number of aryl methyl sites for hydroxylation is 2. The Kier molecular flexibility index (Phi) is 4.04. The van der Waals surface area contributed by atoms with Crippen LogP contribution in [0.25, 0.3) is 0 Å². The lowest BCUT2D eigenvalue weighted by atomic mass is 9.98. The summed E-state index contributed by atoms with van der Waals surface area (Å²) in [5, 5.41) is 0. The Bertz CT molecular complexity index is 619. The van der Waals surface area contributed by atoms with Crippen molar-refractivity contribution in [2.75, 3.05) is 18.0 Å². The zero-order valence-corrected chi connectivity index (χ0v) is 12.5. The number of rotatable bonds is 5. The summed E-state index contributed by atoms with van der Waals surface area (Å²) in [5.41, 5.74) is 3.45. The molecule has 1 aromatic carbocycles. The SMILES string of the molecule is CC(=O)c1ccc2c(c1)CCCN2CCCn1ccnc1. The van der Waals surface area contributed by atoms with Gasteiger partial charge >= 0.3 is 0 Å². The lowest BCUT2D eigenvalue weighted by molar-refractivity contribution is 0.101. The lowest BCUT2D eigenvalue weighted by Crippen LogP contribution is -2.31. The maximum absolute atomic E-state index is 11.5. The van der Waals surface area contributed by atoms with Gasteiger partial charge in [0, 0.05) is 43.3 Å². The fourth-order valence-corrected chi connectivity index (χ4v) is 2.99. The summed E-state index contributed by atoms with van der Waals surface area (Å²) in [6.45, 7) is 4.78. The monoisotopic (exact) mass is 283 g/mol. The summed E-state index contributed by atoms with van der Waals surface area (Å²) in [7, 11) is 0. The van der Waals surface area contributed by atoms with Crippen LogP contribution in [0.4, 0.5) is 5.69 Å². The van der Waals surface area contributed by atoms with E-state index in [1.807, 2.05) is 24.8 Å². The Labute approximate surface area is 125 Å². The van der Waals surface area contributed by atoms with E-state index in [-0.39, 0.29) is 5.78 Å². The number of Topliss-reactive ketones (excluding diaryl/α,β-unsaturated/α-hetero) is 1. The number of carbonyl (C=O) groups excluding carboxylic acids is 1. The molecule has 0 spiro atoms. The quantitative estimate of drug-likeness (QED) is 0.792. The Morgan fingerprint density at radius 2 is 2.24 bits per heavy atom. The molecule has 0 bridgehead atoms. The van der Waals surface area contributed by atoms with Gasteiger partial charge in [-0.25, -0.2) is 4.98 Å². The Hall–Kier alpha value is -2.10. The van der Waals surface area contributed by atoms with E-state index in [0.717, 1.165) is 38.0 Å². The second kappa shape index (κ2) is 6.12. The van der Waals surface area contributed by atoms with Gasteiger partial charge in [0.1, 0.15) is 0 Å². The normalized spacial score (nSPS) is 14.0. The molecule has 0 atom stereocenters. The standard InChI is InChI=1S/C17H21N3O/c1-14(21)15-5-6-17-16(12-15)4-2-9-20(17)10-3-8-19-11-7-18-13-19/h5-7,11-13H,2-4,8-10H2,1H3. The number of imidazole rings is 1. The summed E-state index contributed by atoms with van der Waals surface area (Å²) in [4.78, 5) is 18.0. The molecule has 2 aromatic rings. The van der Waals surface area contributed by atoms with E-state index >= 15 is 0 Å². The van der Waals surface area contributed by atoms with Crippen molar-refractivity contribution in [2.24, 2.45) is 0 Å². The van der Waals surface area contributed by atoms with Gasteiger partial charge in [0.2, 0.25) is 0 Å². The van der Waals surface area contributed by atoms with E-state index in [1.54, 1.807) is 6.92 Å². The van der Waals surface area contributed by atoms with Crippen molar-refractivity contribution in [1.29, 1.82) is 0 Å². The smallest absolute Gasteiger partial charge is 0.159 e. The van der Waals surface area contributed by atoms with E-state index in [0.29, 0.717) is 0 Å². The van der Waals surface area contributed by atoms with Crippen LogP contribution in [0, 0.1) is 0 Å². The third-order valence-corrected chi connectivity index (χ3v) is 4.10. The fourth-order valence-electron chi connectivity index (χ4n) is 2.99. The number of aromatic nitrogens is 2. The van der Waals surface area contributed by atoms with Crippen LogP contribution in [-0.4, -0.2) is 28.4 Å². The first-order chi connectivity index (χ1) is 10.2. The van der Waals surface area contributed by atoms with Crippen LogP contribution in [0.15, 0.2) is 36.9 Å². The van der Waals surface area contributed by atoms with Crippen molar-refractivity contribution >= 4 is 11.5 Å². The molecule has 21 heavy (non-hydrogen) atoms. The lowest BCUT2D eigenvalue weighted by Gasteiger charge is -2.31. The third-order valence-electron chi connectivity index (χ3n) is 4.10. The highest BCUT2D eigenvalue weighted by molar-refractivity contribution is 5.94. The maximum Gasteiger partial charge on any atom is 0.159 e. The molecule has 4 nitrogen and oxygen atoms in total. The van der Waals surface area contributed by atoms with Crippen LogP contribution >= 0.6 is 0 Å². The average molecular weight is 283 g/mol. The van der Waals surface area contributed by atoms with Crippen molar-refractivity contribution in [2.45, 2.75) is 32.7 Å². The Morgan fingerprint density at radius 1 is 1.33 bits per heavy atom. The molecule has 110 valence electrons. The second-order valence-electron chi connectivity index (χ2n) is 5.64. The van der Waals surface area contributed by atoms with Gasteiger partial charge in [-0.3, -0.25) is 4.79 Å². The first kappa shape index (κ1) is 13.9. The molecule has 3 rings (SSSR count). The number of nitrogens with zero attached hydrogens (tertiary/aromatic N) is 3. The first-order valence-electron chi connectivity index (χ1n) is 7.58. The topological polar surface area (TPSA) is 38.1 Å². The average Bonchev–Trinajstić information content (AvgIpc) is 3.00. The van der Waals surface area contributed by atoms with Gasteiger partial charge in [-0.15, -0.1) is 0 Å². The van der Waals surface area contributed by atoms with Crippen LogP contribution in [0.3, 0.4) is 0 Å². The van der Waals surface area contributed by atoms with Crippen molar-refractivity contribution in [3.63, 3.8) is 0 Å². The summed E-state index contributed by atoms with van der Waals surface area (Å²) >= 11 is 0. The summed E-state index contributed by atoms with van der Waals surface area (Å²) in [5.74, 6) is 0.148. The van der Waals surface area contributed by atoms with Gasteiger partial charge in [0.25, 0.3) is 0 Å². The molecule has 0 N–H and O–H groups in total. The Morgan fingerprint density at radius 3 is 3.00 bits per heavy atom. The third kappa shape index (κ3) is 3.15. The molecule has 0 saturated heterocycles. The minimum Gasteiger partial charge on any atom is -0.371 e. The molecular formula is C17H21N3O. The molecule has 0 unspecified atom stereocenters. The number of anilines is 1. The number of hydrogen-bond acceptors (Lipinski definition) is 3. The number of ketones is 1. The highest BCUT2D eigenvalue weighted by Crippen LogP contribution is 2.28. The fraction of sp³-hybridized carbons (Fsp3) is 0.412. The van der Waals surface area contributed by atoms with Crippen molar-refractivity contribution in [3.8, 4) is 0 Å². The van der Waals surface area contributed by atoms with E-state index in [4.69, 9.17) is 0 Å². The molecule has 0 amide bonds. The van der Waals surface area contributed by atoms with Crippen LogP contribution < -0.4 is 4.90 Å². The minimum atomic E-state index is 0.148. The number of carbonyl (C=O) groups is 1. The predicted molar refractivity (Wildman–Crippen MR) is 83.8 cm³/mol. The molecular weight excluding hydrogens is 262 g/mol. The highest BCUT2D eigenvalue weighted by atomic mass is 16.1. The van der Waals surface area contributed by atoms with Crippen LogP contribution in [0.1, 0.15) is 35.7 Å². The predicted octanol–water partition coefficient (Wildman–Crippen LogP) is 2.93. The molecule has 0 radical (unpaired) electrons. The number of hydrogen-bond donors (Lipinski definition) is 0. The van der Waals surface area contributed by atoms with Crippen LogP contribution in [0.2, 0.25) is 0 Å². The Balaban J connectivity index is 1.67. The zero-order valence-electron chi connectivity index (χ0n) is 12.5. The highest BCUT2D eigenvalue weighted by Gasteiger charge is 2.17. The summed E-state index contributed by atoms with van der Waals surface area (Å²) in [6, 6.07) is 6.14. The van der Waals surface area contributed by atoms with Crippen LogP contribution in [0.5, 0.6) is 0 Å². The molecule has 0 saturated carbocycles. The van der Waals surface area contributed by atoms with E-state index in [2.05, 4.69) is 26.6 Å². The van der Waals surface area contributed by atoms with Gasteiger partial charge in [-0.05, 0) is 49.9 Å². The van der Waals surface area contributed by atoms with Crippen molar-refractivity contribution in [1.82, 2.24) is 9.55 Å². The molecule has 1 aliphatic rings. The van der Waals surface area contributed by atoms with Gasteiger partial charge < -0.3 is 9.47 Å². The molecule has 1 aromatic heterocycles. The first-order valence-corrected chi connectivity index (χ1v) is 7.58. The largest absolute Gasteiger partial charge is 0.371 e. The molecule has 1 aliphatic heterocycles. The minimum absolute atomic E-state index is 0.148. The van der Waals surface area contributed by atoms with Crippen LogP contribution in [-0.2, 0) is 13.0 Å². The van der Waals surface area contributed by atoms with Gasteiger partial charge in [-0.1, -0.05) is 0 Å². The van der Waals surface area contributed by atoms with E-state index in [9.17, 15) is 4.79 Å². The molecule has 0 fully saturated rings. The van der Waals surface area contributed by atoms with Gasteiger partial charge in [-0.2, -0.15) is 0 Å². The molecule has 2 heterocycles. The summed E-state index contributed by atoms with van der Waals surface area (Å²) in [6.07, 6.45) is 9.03. The number of fused-ring (bicyclic) bond motifs is 1. The van der Waals surface area contributed by atoms with Gasteiger partial charge in [0.15, 0.2) is 5.78 Å². The maximum atomic E-state index is 11.5. The molecule has 0 aliphatic carbocycles. The van der Waals surface area contributed by atoms with E-state index < -0.39 is 0 Å².